The van der Waals surface area contributed by atoms with Crippen molar-refractivity contribution in [1.82, 2.24) is 9.80 Å². The highest BCUT2D eigenvalue weighted by atomic mass is 35.5. The van der Waals surface area contributed by atoms with E-state index in [0.717, 1.165) is 51.7 Å². The van der Waals surface area contributed by atoms with Crippen LogP contribution in [-0.4, -0.2) is 65.6 Å². The monoisotopic (exact) mass is 480 g/mol. The lowest BCUT2D eigenvalue weighted by molar-refractivity contribution is -0.149. The molecule has 1 heterocycles. The van der Waals surface area contributed by atoms with Crippen LogP contribution in [0.25, 0.3) is 0 Å². The largest absolute Gasteiger partial charge is 0.508 e. The Labute approximate surface area is 205 Å². The molecule has 186 valence electrons. The molecule has 0 radical (unpaired) electrons. The maximum atomic E-state index is 13.0. The van der Waals surface area contributed by atoms with E-state index in [1.807, 2.05) is 17.0 Å². The Morgan fingerprint density at radius 2 is 1.97 bits per heavy atom. The normalized spacial score (nSPS) is 24.0. The summed E-state index contributed by atoms with van der Waals surface area (Å²) in [6.45, 7) is 10.0. The molecule has 1 aliphatic heterocycles. The predicted octanol–water partition coefficient (Wildman–Crippen LogP) is 4.53. The van der Waals surface area contributed by atoms with E-state index in [-0.39, 0.29) is 36.2 Å². The van der Waals surface area contributed by atoms with Crippen molar-refractivity contribution < 1.29 is 19.4 Å². The van der Waals surface area contributed by atoms with Crippen molar-refractivity contribution >= 4 is 24.3 Å². The third-order valence-corrected chi connectivity index (χ3v) is 7.67. The molecule has 1 N–H and O–H groups in total. The van der Waals surface area contributed by atoms with Gasteiger partial charge in [0.05, 0.1) is 6.61 Å². The van der Waals surface area contributed by atoms with Crippen LogP contribution in [-0.2, 0) is 19.7 Å². The van der Waals surface area contributed by atoms with Gasteiger partial charge in [0.25, 0.3) is 0 Å². The zero-order chi connectivity index (χ0) is 23.1. The van der Waals surface area contributed by atoms with E-state index < -0.39 is 5.97 Å². The molecule has 0 aromatic heterocycles. The van der Waals surface area contributed by atoms with Gasteiger partial charge in [-0.2, -0.15) is 0 Å². The smallest absolute Gasteiger partial charge is 0.315 e. The second-order valence-corrected chi connectivity index (χ2v) is 9.78. The summed E-state index contributed by atoms with van der Waals surface area (Å²) in [5, 5.41) is 9.93. The number of benzene rings is 1. The first-order chi connectivity index (χ1) is 15.3. The number of halogens is 1. The number of phenolic OH excluding ortho intramolecular Hbond substituents is 1. The van der Waals surface area contributed by atoms with Crippen LogP contribution >= 0.6 is 12.4 Å². The summed E-state index contributed by atoms with van der Waals surface area (Å²) in [4.78, 5) is 29.3. The van der Waals surface area contributed by atoms with Crippen LogP contribution in [0.1, 0.15) is 71.3 Å². The molecule has 2 atom stereocenters. The molecule has 6 nitrogen and oxygen atoms in total. The highest BCUT2D eigenvalue weighted by Crippen LogP contribution is 2.40. The van der Waals surface area contributed by atoms with Crippen LogP contribution in [0.3, 0.4) is 0 Å². The van der Waals surface area contributed by atoms with E-state index >= 15 is 0 Å². The number of piperidine rings is 1. The Morgan fingerprint density at radius 1 is 1.24 bits per heavy atom. The second kappa shape index (κ2) is 12.6. The Kier molecular flexibility index (Phi) is 10.5. The number of phenols is 1. The zero-order valence-electron chi connectivity index (χ0n) is 20.4. The SMILES string of the molecule is CCOC(=O)CC(=O)N(CCN1CCC(C)(c2cccc(O)c2)C(C)C1)C1CCCCC1.Cl. The second-order valence-electron chi connectivity index (χ2n) is 9.78. The van der Waals surface area contributed by atoms with Crippen molar-refractivity contribution in [2.45, 2.75) is 77.2 Å². The van der Waals surface area contributed by atoms with Crippen molar-refractivity contribution in [3.8, 4) is 5.75 Å². The molecule has 2 unspecified atom stereocenters. The predicted molar refractivity (Wildman–Crippen MR) is 133 cm³/mol. The minimum absolute atomic E-state index is 0. The molecule has 2 fully saturated rings. The Balaban J connectivity index is 0.00000385. The van der Waals surface area contributed by atoms with E-state index in [1.54, 1.807) is 13.0 Å². The lowest BCUT2D eigenvalue weighted by Gasteiger charge is -2.46. The fraction of sp³-hybridized carbons (Fsp3) is 0.692. The summed E-state index contributed by atoms with van der Waals surface area (Å²) in [7, 11) is 0. The number of likely N-dealkylation sites (tertiary alicyclic amines) is 1. The third-order valence-electron chi connectivity index (χ3n) is 7.67. The molecule has 33 heavy (non-hydrogen) atoms. The van der Waals surface area contributed by atoms with E-state index in [9.17, 15) is 14.7 Å². The molecule has 2 aliphatic rings. The van der Waals surface area contributed by atoms with Gasteiger partial charge < -0.3 is 19.6 Å². The molecule has 1 aliphatic carbocycles. The first-order valence-corrected chi connectivity index (χ1v) is 12.3. The molecule has 1 aromatic carbocycles. The molecule has 7 heteroatoms. The zero-order valence-corrected chi connectivity index (χ0v) is 21.2. The number of amides is 1. The van der Waals surface area contributed by atoms with Crippen LogP contribution < -0.4 is 0 Å². The van der Waals surface area contributed by atoms with Gasteiger partial charge in [-0.1, -0.05) is 45.2 Å². The summed E-state index contributed by atoms with van der Waals surface area (Å²) in [6, 6.07) is 7.90. The Bertz CT molecular complexity index is 783. The molecule has 1 saturated carbocycles. The number of aromatic hydroxyl groups is 1. The molecule has 3 rings (SSSR count). The minimum atomic E-state index is -0.424. The van der Waals surface area contributed by atoms with Gasteiger partial charge in [0.2, 0.25) is 5.91 Å². The summed E-state index contributed by atoms with van der Waals surface area (Å²) in [6.07, 6.45) is 6.44. The van der Waals surface area contributed by atoms with Crippen LogP contribution in [0, 0.1) is 5.92 Å². The molecule has 1 amide bonds. The van der Waals surface area contributed by atoms with Crippen LogP contribution in [0.15, 0.2) is 24.3 Å². The van der Waals surface area contributed by atoms with Gasteiger partial charge in [-0.3, -0.25) is 9.59 Å². The molecule has 1 saturated heterocycles. The summed E-state index contributed by atoms with van der Waals surface area (Å²) in [5.74, 6) is 0.231. The first-order valence-electron chi connectivity index (χ1n) is 12.3. The lowest BCUT2D eigenvalue weighted by Crippen LogP contribution is -2.51. The first kappa shape index (κ1) is 27.5. The van der Waals surface area contributed by atoms with E-state index in [2.05, 4.69) is 24.8 Å². The van der Waals surface area contributed by atoms with Crippen molar-refractivity contribution in [3.63, 3.8) is 0 Å². The van der Waals surface area contributed by atoms with Crippen molar-refractivity contribution in [2.24, 2.45) is 5.92 Å². The van der Waals surface area contributed by atoms with Gasteiger partial charge in [-0.05, 0) is 61.8 Å². The maximum Gasteiger partial charge on any atom is 0.315 e. The number of nitrogens with zero attached hydrogens (tertiary/aromatic N) is 2. The van der Waals surface area contributed by atoms with Crippen molar-refractivity contribution in [1.29, 1.82) is 0 Å². The number of carbonyl (C=O) groups excluding carboxylic acids is 2. The third kappa shape index (κ3) is 7.10. The minimum Gasteiger partial charge on any atom is -0.508 e. The maximum absolute atomic E-state index is 13.0. The van der Waals surface area contributed by atoms with Crippen LogP contribution in [0.5, 0.6) is 5.75 Å². The van der Waals surface area contributed by atoms with E-state index in [1.165, 1.54) is 12.0 Å². The molecule has 0 spiro atoms. The van der Waals surface area contributed by atoms with Crippen molar-refractivity contribution in [3.05, 3.63) is 29.8 Å². The van der Waals surface area contributed by atoms with Gasteiger partial charge in [0.1, 0.15) is 12.2 Å². The fourth-order valence-corrected chi connectivity index (χ4v) is 5.40. The van der Waals surface area contributed by atoms with Crippen molar-refractivity contribution in [2.75, 3.05) is 32.8 Å². The number of hydrogen-bond acceptors (Lipinski definition) is 5. The topological polar surface area (TPSA) is 70.1 Å². The summed E-state index contributed by atoms with van der Waals surface area (Å²) < 4.78 is 5.02. The number of hydrogen-bond donors (Lipinski definition) is 1. The Hall–Kier alpha value is -1.79. The van der Waals surface area contributed by atoms with Gasteiger partial charge >= 0.3 is 5.97 Å². The van der Waals surface area contributed by atoms with E-state index in [4.69, 9.17) is 4.74 Å². The number of esters is 1. The van der Waals surface area contributed by atoms with Gasteiger partial charge in [0.15, 0.2) is 0 Å². The average Bonchev–Trinajstić information content (AvgIpc) is 2.77. The standard InChI is InChI=1S/C26H40N2O4.ClH/c1-4-32-25(31)18-24(30)28(22-10-6-5-7-11-22)16-15-27-14-13-26(3,20(2)19-27)21-9-8-12-23(29)17-21;/h8-9,12,17,20,22,29H,4-7,10-11,13-16,18-19H2,1-3H3;1H. The van der Waals surface area contributed by atoms with Gasteiger partial charge in [-0.15, -0.1) is 12.4 Å². The van der Waals surface area contributed by atoms with Crippen LogP contribution in [0.2, 0.25) is 0 Å². The Morgan fingerprint density at radius 3 is 2.61 bits per heavy atom. The number of rotatable bonds is 8. The highest BCUT2D eigenvalue weighted by Gasteiger charge is 2.38. The molecular formula is C26H41ClN2O4. The summed E-state index contributed by atoms with van der Waals surface area (Å²) >= 11 is 0. The van der Waals surface area contributed by atoms with Gasteiger partial charge in [0, 0.05) is 25.7 Å². The van der Waals surface area contributed by atoms with Crippen LogP contribution in [0.4, 0.5) is 0 Å². The number of ether oxygens (including phenoxy) is 1. The number of carbonyl (C=O) groups is 2. The fourth-order valence-electron chi connectivity index (χ4n) is 5.40. The lowest BCUT2D eigenvalue weighted by atomic mass is 9.68. The average molecular weight is 481 g/mol. The molecule has 1 aromatic rings. The molecular weight excluding hydrogens is 440 g/mol. The molecule has 0 bridgehead atoms. The summed E-state index contributed by atoms with van der Waals surface area (Å²) in [5.41, 5.74) is 1.22. The highest BCUT2D eigenvalue weighted by molar-refractivity contribution is 5.94. The quantitative estimate of drug-likeness (QED) is 0.437. The van der Waals surface area contributed by atoms with Gasteiger partial charge in [-0.25, -0.2) is 0 Å². The van der Waals surface area contributed by atoms with E-state index in [0.29, 0.717) is 24.8 Å².